The Hall–Kier alpha value is -3.46. The number of benzene rings is 2. The molecule has 0 radical (unpaired) electrons. The number of aromatic amines is 1. The number of aryl methyl sites for hydroxylation is 2. The summed E-state index contributed by atoms with van der Waals surface area (Å²) in [7, 11) is 0. The number of hydrogen-bond donors (Lipinski definition) is 2. The van der Waals surface area contributed by atoms with Crippen molar-refractivity contribution in [1.29, 1.82) is 0 Å². The van der Waals surface area contributed by atoms with Gasteiger partial charge in [-0.2, -0.15) is 0 Å². The van der Waals surface area contributed by atoms with Gasteiger partial charge in [-0.3, -0.25) is 14.5 Å². The number of carbonyl (C=O) groups is 1. The standard InChI is InChI=1S/C34H42N4O4/c1-5-38(27-10-12-41-13-11-27)30-16-26(25-8-6-24(7-9-25)18-37-19-32-31(37)20-42-32)15-28(23(30)4)33(39)35-17-29-21(2)14-22(3)36-34(29)40/h6-9,14-16,27,31-32H,5,10-13,17-20H2,1-4H3,(H,35,39)(H,36,40). The maximum Gasteiger partial charge on any atom is 0.253 e. The molecular weight excluding hydrogens is 528 g/mol. The fourth-order valence-electron chi connectivity index (χ4n) is 6.67. The van der Waals surface area contributed by atoms with Crippen LogP contribution in [0.1, 0.15) is 58.1 Å². The quantitative estimate of drug-likeness (QED) is 0.395. The zero-order valence-electron chi connectivity index (χ0n) is 25.2. The van der Waals surface area contributed by atoms with Crippen molar-refractivity contribution in [2.24, 2.45) is 0 Å². The number of aromatic nitrogens is 1. The van der Waals surface area contributed by atoms with E-state index in [4.69, 9.17) is 9.47 Å². The van der Waals surface area contributed by atoms with Crippen molar-refractivity contribution in [2.75, 3.05) is 37.8 Å². The fourth-order valence-corrected chi connectivity index (χ4v) is 6.67. The Labute approximate surface area is 248 Å². The van der Waals surface area contributed by atoms with Crippen LogP contribution in [0.4, 0.5) is 5.69 Å². The van der Waals surface area contributed by atoms with E-state index in [9.17, 15) is 9.59 Å². The number of anilines is 1. The summed E-state index contributed by atoms with van der Waals surface area (Å²) >= 11 is 0. The number of nitrogens with zero attached hydrogens (tertiary/aromatic N) is 2. The molecule has 3 fully saturated rings. The van der Waals surface area contributed by atoms with Crippen LogP contribution in [0.5, 0.6) is 0 Å². The van der Waals surface area contributed by atoms with Gasteiger partial charge in [-0.15, -0.1) is 0 Å². The van der Waals surface area contributed by atoms with Gasteiger partial charge in [0.15, 0.2) is 0 Å². The van der Waals surface area contributed by atoms with Crippen LogP contribution in [-0.2, 0) is 22.6 Å². The van der Waals surface area contributed by atoms with Crippen molar-refractivity contribution >= 4 is 11.6 Å². The maximum absolute atomic E-state index is 13.8. The van der Waals surface area contributed by atoms with E-state index in [1.54, 1.807) is 0 Å². The van der Waals surface area contributed by atoms with Crippen molar-refractivity contribution in [1.82, 2.24) is 15.2 Å². The molecule has 42 heavy (non-hydrogen) atoms. The van der Waals surface area contributed by atoms with E-state index < -0.39 is 0 Å². The fraction of sp³-hybridized carbons (Fsp3) is 0.471. The molecule has 0 aliphatic carbocycles. The zero-order chi connectivity index (χ0) is 29.4. The number of likely N-dealkylation sites (tertiary alicyclic amines) is 1. The molecule has 0 bridgehead atoms. The smallest absolute Gasteiger partial charge is 0.253 e. The number of morpholine rings is 1. The van der Waals surface area contributed by atoms with Crippen LogP contribution in [0, 0.1) is 20.8 Å². The van der Waals surface area contributed by atoms with E-state index >= 15 is 0 Å². The lowest BCUT2D eigenvalue weighted by molar-refractivity contribution is -0.217. The number of amides is 1. The third-order valence-electron chi connectivity index (χ3n) is 9.29. The van der Waals surface area contributed by atoms with Gasteiger partial charge in [0, 0.05) is 67.9 Å². The van der Waals surface area contributed by atoms with Gasteiger partial charge in [0.05, 0.1) is 18.8 Å². The largest absolute Gasteiger partial charge is 0.381 e. The highest BCUT2D eigenvalue weighted by Gasteiger charge is 2.46. The Balaban J connectivity index is 1.30. The Kier molecular flexibility index (Phi) is 8.21. The lowest BCUT2D eigenvalue weighted by Crippen LogP contribution is -2.69. The molecule has 3 aliphatic heterocycles. The molecule has 0 spiro atoms. The Morgan fingerprint density at radius 3 is 2.45 bits per heavy atom. The monoisotopic (exact) mass is 570 g/mol. The Morgan fingerprint density at radius 2 is 1.83 bits per heavy atom. The second-order valence-electron chi connectivity index (χ2n) is 12.0. The van der Waals surface area contributed by atoms with Gasteiger partial charge in [0.25, 0.3) is 11.5 Å². The highest BCUT2D eigenvalue weighted by Crippen LogP contribution is 2.35. The van der Waals surface area contributed by atoms with Crippen LogP contribution >= 0.6 is 0 Å². The molecule has 3 saturated heterocycles. The number of pyridine rings is 1. The van der Waals surface area contributed by atoms with Gasteiger partial charge in [0.1, 0.15) is 0 Å². The number of fused-ring (bicyclic) bond motifs is 1. The molecule has 8 heteroatoms. The van der Waals surface area contributed by atoms with E-state index in [1.807, 2.05) is 32.9 Å². The van der Waals surface area contributed by atoms with Gasteiger partial charge >= 0.3 is 0 Å². The molecule has 3 aliphatic rings. The summed E-state index contributed by atoms with van der Waals surface area (Å²) in [5.41, 5.74) is 8.15. The minimum Gasteiger partial charge on any atom is -0.381 e. The summed E-state index contributed by atoms with van der Waals surface area (Å²) in [6, 6.07) is 15.8. The minimum atomic E-state index is -0.176. The van der Waals surface area contributed by atoms with Crippen LogP contribution < -0.4 is 15.8 Å². The maximum atomic E-state index is 13.8. The first kappa shape index (κ1) is 28.6. The third-order valence-corrected chi connectivity index (χ3v) is 9.29. The zero-order valence-corrected chi connectivity index (χ0v) is 25.2. The van der Waals surface area contributed by atoms with Crippen molar-refractivity contribution in [3.63, 3.8) is 0 Å². The molecule has 2 aromatic carbocycles. The highest BCUT2D eigenvalue weighted by molar-refractivity contribution is 5.99. The first-order valence-electron chi connectivity index (χ1n) is 15.2. The van der Waals surface area contributed by atoms with Gasteiger partial charge < -0.3 is 24.7 Å². The number of carbonyl (C=O) groups excluding carboxylic acids is 1. The Morgan fingerprint density at radius 1 is 1.07 bits per heavy atom. The molecule has 2 atom stereocenters. The van der Waals surface area contributed by atoms with Gasteiger partial charge in [-0.05, 0) is 86.6 Å². The molecule has 4 heterocycles. The average Bonchev–Trinajstić information content (AvgIpc) is 2.97. The molecule has 2 unspecified atom stereocenters. The molecule has 2 N–H and O–H groups in total. The number of hydrogen-bond acceptors (Lipinski definition) is 6. The first-order valence-corrected chi connectivity index (χ1v) is 15.2. The van der Waals surface area contributed by atoms with Crippen molar-refractivity contribution in [3.8, 4) is 11.1 Å². The van der Waals surface area contributed by atoms with E-state index in [0.717, 1.165) is 85.9 Å². The summed E-state index contributed by atoms with van der Waals surface area (Å²) in [5.74, 6) is -0.176. The van der Waals surface area contributed by atoms with Crippen LogP contribution in [0.25, 0.3) is 11.1 Å². The molecule has 0 saturated carbocycles. The molecule has 1 aromatic heterocycles. The number of nitrogens with one attached hydrogen (secondary N) is 2. The molecule has 1 amide bonds. The van der Waals surface area contributed by atoms with Crippen molar-refractivity contribution < 1.29 is 14.3 Å². The number of ether oxygens (including phenoxy) is 2. The second kappa shape index (κ2) is 12.0. The van der Waals surface area contributed by atoms with Crippen molar-refractivity contribution in [2.45, 2.75) is 71.8 Å². The number of rotatable bonds is 9. The third kappa shape index (κ3) is 5.63. The van der Waals surface area contributed by atoms with E-state index in [2.05, 4.69) is 57.4 Å². The summed E-state index contributed by atoms with van der Waals surface area (Å²) in [4.78, 5) is 34.1. The highest BCUT2D eigenvalue weighted by atomic mass is 16.5. The lowest BCUT2D eigenvalue weighted by Gasteiger charge is -2.55. The first-order chi connectivity index (χ1) is 20.3. The topological polar surface area (TPSA) is 86.9 Å². The summed E-state index contributed by atoms with van der Waals surface area (Å²) < 4.78 is 11.2. The Bertz CT molecular complexity index is 1510. The second-order valence-corrected chi connectivity index (χ2v) is 12.0. The summed E-state index contributed by atoms with van der Waals surface area (Å²) in [5, 5.41) is 3.04. The van der Waals surface area contributed by atoms with Crippen LogP contribution in [0.2, 0.25) is 0 Å². The molecule has 3 aromatic rings. The van der Waals surface area contributed by atoms with E-state index in [-0.39, 0.29) is 18.0 Å². The van der Waals surface area contributed by atoms with Crippen LogP contribution in [0.15, 0.2) is 47.3 Å². The lowest BCUT2D eigenvalue weighted by atomic mass is 9.93. The van der Waals surface area contributed by atoms with Crippen LogP contribution in [0.3, 0.4) is 0 Å². The average molecular weight is 571 g/mol. The van der Waals surface area contributed by atoms with Crippen molar-refractivity contribution in [3.05, 3.63) is 86.3 Å². The number of H-pyrrole nitrogens is 1. The molecule has 8 nitrogen and oxygen atoms in total. The molecule has 222 valence electrons. The molecule has 6 rings (SSSR count). The molecular formula is C34H42N4O4. The van der Waals surface area contributed by atoms with Crippen LogP contribution in [-0.4, -0.2) is 66.9 Å². The van der Waals surface area contributed by atoms with E-state index in [1.165, 1.54) is 5.56 Å². The van der Waals surface area contributed by atoms with Gasteiger partial charge in [0.2, 0.25) is 0 Å². The predicted octanol–water partition coefficient (Wildman–Crippen LogP) is 4.49. The summed E-state index contributed by atoms with van der Waals surface area (Å²) in [6.45, 7) is 13.3. The van der Waals surface area contributed by atoms with Gasteiger partial charge in [-0.1, -0.05) is 24.3 Å². The van der Waals surface area contributed by atoms with Gasteiger partial charge in [-0.25, -0.2) is 0 Å². The summed E-state index contributed by atoms with van der Waals surface area (Å²) in [6.07, 6.45) is 2.37. The predicted molar refractivity (Wildman–Crippen MR) is 165 cm³/mol. The van der Waals surface area contributed by atoms with E-state index in [0.29, 0.717) is 29.3 Å². The minimum absolute atomic E-state index is 0.158. The SMILES string of the molecule is CCN(c1cc(-c2ccc(CN3CC4OCC43)cc2)cc(C(=O)NCc2c(C)cc(C)[nH]c2=O)c1C)C1CCOCC1. The normalized spacial score (nSPS) is 20.4.